The highest BCUT2D eigenvalue weighted by Gasteiger charge is 2.62. The fourth-order valence-electron chi connectivity index (χ4n) is 7.93. The monoisotopic (exact) mass is 707 g/mol. The van der Waals surface area contributed by atoms with Gasteiger partial charge in [0.2, 0.25) is 23.6 Å². The van der Waals surface area contributed by atoms with Crippen LogP contribution in [-0.4, -0.2) is 72.7 Å². The van der Waals surface area contributed by atoms with Gasteiger partial charge < -0.3 is 30.5 Å². The highest BCUT2D eigenvalue weighted by atomic mass is 16.5. The quantitative estimate of drug-likeness (QED) is 0.235. The number of nitrogens with one attached hydrogen (secondary N) is 3. The van der Waals surface area contributed by atoms with E-state index in [-0.39, 0.29) is 48.6 Å². The topological polar surface area (TPSA) is 137 Å². The molecule has 0 spiro atoms. The maximum atomic E-state index is 14.2. The first-order valence-corrected chi connectivity index (χ1v) is 18.1. The van der Waals surface area contributed by atoms with Crippen molar-refractivity contribution in [2.75, 3.05) is 27.2 Å². The Morgan fingerprint density at radius 1 is 0.788 bits per heavy atom. The second kappa shape index (κ2) is 15.2. The molecular weight excluding hydrogens is 658 g/mol. The molecule has 3 fully saturated rings. The molecule has 0 radical (unpaired) electrons. The van der Waals surface area contributed by atoms with Crippen LogP contribution in [0.5, 0.6) is 0 Å². The van der Waals surface area contributed by atoms with Crippen LogP contribution in [0.4, 0.5) is 4.79 Å². The Bertz CT molecular complexity index is 1770. The zero-order valence-corrected chi connectivity index (χ0v) is 30.3. The lowest BCUT2D eigenvalue weighted by molar-refractivity contribution is -0.143. The first-order valence-electron chi connectivity index (χ1n) is 18.1. The summed E-state index contributed by atoms with van der Waals surface area (Å²) in [6.07, 6.45) is 1.77. The van der Waals surface area contributed by atoms with Gasteiger partial charge in [0.25, 0.3) is 0 Å². The fraction of sp³-hybridized carbons (Fsp3) is 0.439. The van der Waals surface area contributed by atoms with Gasteiger partial charge in [-0.2, -0.15) is 0 Å². The summed E-state index contributed by atoms with van der Waals surface area (Å²) in [7, 11) is 3.47. The molecule has 3 N–H and O–H groups in total. The molecule has 1 saturated heterocycles. The van der Waals surface area contributed by atoms with Crippen molar-refractivity contribution in [3.8, 4) is 0 Å². The minimum atomic E-state index is -0.794. The molecule has 3 aromatic rings. The number of ether oxygens (including phenoxy) is 1. The summed E-state index contributed by atoms with van der Waals surface area (Å²) < 4.78 is 5.53. The molecule has 3 aromatic carbocycles. The van der Waals surface area contributed by atoms with E-state index in [4.69, 9.17) is 4.74 Å². The fourth-order valence-corrected chi connectivity index (χ4v) is 7.93. The van der Waals surface area contributed by atoms with E-state index in [1.165, 1.54) is 0 Å². The van der Waals surface area contributed by atoms with Gasteiger partial charge in [-0.1, -0.05) is 105 Å². The van der Waals surface area contributed by atoms with Crippen molar-refractivity contribution in [3.63, 3.8) is 0 Å². The predicted molar refractivity (Wildman–Crippen MR) is 195 cm³/mol. The molecule has 52 heavy (non-hydrogen) atoms. The highest BCUT2D eigenvalue weighted by Crippen LogP contribution is 2.60. The van der Waals surface area contributed by atoms with Crippen LogP contribution < -0.4 is 16.0 Å². The van der Waals surface area contributed by atoms with E-state index < -0.39 is 35.0 Å². The number of nitrogens with zero attached hydrogens (tertiary/aromatic N) is 2. The van der Waals surface area contributed by atoms with Gasteiger partial charge in [0, 0.05) is 20.6 Å². The molecule has 1 heterocycles. The molecule has 0 bridgehead atoms. The number of carbonyl (C=O) groups excluding carboxylic acids is 5. The summed E-state index contributed by atoms with van der Waals surface area (Å²) in [6, 6.07) is 27.0. The third kappa shape index (κ3) is 7.83. The number of hydrogen-bond acceptors (Lipinski definition) is 6. The molecule has 274 valence electrons. The minimum absolute atomic E-state index is 0.0208. The van der Waals surface area contributed by atoms with Crippen LogP contribution in [0.1, 0.15) is 68.3 Å². The minimum Gasteiger partial charge on any atom is -0.445 e. The van der Waals surface area contributed by atoms with E-state index in [0.29, 0.717) is 32.2 Å². The van der Waals surface area contributed by atoms with Crippen LogP contribution in [-0.2, 0) is 30.5 Å². The van der Waals surface area contributed by atoms with E-state index in [0.717, 1.165) is 16.7 Å². The van der Waals surface area contributed by atoms with Gasteiger partial charge in [0.15, 0.2) is 0 Å². The normalized spacial score (nSPS) is 25.6. The van der Waals surface area contributed by atoms with Crippen LogP contribution in [0, 0.1) is 22.7 Å². The molecule has 0 aromatic heterocycles. The molecule has 6 rings (SSSR count). The lowest BCUT2D eigenvalue weighted by Crippen LogP contribution is -2.50. The largest absolute Gasteiger partial charge is 0.445 e. The summed E-state index contributed by atoms with van der Waals surface area (Å²) in [6.45, 7) is 4.13. The molecule has 5 amide bonds. The van der Waals surface area contributed by atoms with Crippen LogP contribution in [0.3, 0.4) is 0 Å². The number of hydrogen-bond donors (Lipinski definition) is 3. The Morgan fingerprint density at radius 3 is 1.92 bits per heavy atom. The van der Waals surface area contributed by atoms with Crippen molar-refractivity contribution in [2.45, 2.75) is 64.3 Å². The van der Waals surface area contributed by atoms with E-state index >= 15 is 0 Å². The number of amides is 5. The van der Waals surface area contributed by atoms with E-state index in [9.17, 15) is 24.0 Å². The SMILES string of the molecule is CN(C)C(=O)[C@]1(C)C[C@H]1[C@H](NC(=O)CNC(=O)[C@@H]1CCCN1C(=O)[C@]1(C)C[C@H]1[C@H](NC(=O)OCc1ccccc1)c1ccccc1)c1ccccc1. The smallest absolute Gasteiger partial charge is 0.407 e. The summed E-state index contributed by atoms with van der Waals surface area (Å²) in [5.74, 6) is -1.15. The van der Waals surface area contributed by atoms with Crippen molar-refractivity contribution in [1.82, 2.24) is 25.8 Å². The molecule has 0 unspecified atom stereocenters. The number of rotatable bonds is 13. The maximum absolute atomic E-state index is 14.2. The molecule has 11 nitrogen and oxygen atoms in total. The summed E-state index contributed by atoms with van der Waals surface area (Å²) in [5.41, 5.74) is 1.26. The number of carbonyl (C=O) groups is 5. The Hall–Kier alpha value is -5.19. The molecular formula is C41H49N5O6. The van der Waals surface area contributed by atoms with E-state index in [1.807, 2.05) is 105 Å². The summed E-state index contributed by atoms with van der Waals surface area (Å²) in [5, 5.41) is 8.87. The number of alkyl carbamates (subject to hydrolysis) is 1. The summed E-state index contributed by atoms with van der Waals surface area (Å²) >= 11 is 0. The first-order chi connectivity index (χ1) is 24.9. The van der Waals surface area contributed by atoms with Crippen molar-refractivity contribution in [3.05, 3.63) is 108 Å². The summed E-state index contributed by atoms with van der Waals surface area (Å²) in [4.78, 5) is 70.1. The van der Waals surface area contributed by atoms with Crippen LogP contribution in [0.2, 0.25) is 0 Å². The molecule has 11 heteroatoms. The standard InChI is InChI=1S/C41H49N5O6/c1-40(37(49)45(3)4)23-30(40)34(28-17-10-6-11-18-28)43-33(47)25-42-36(48)32-21-14-22-46(32)38(50)41(2)24-31(41)35(29-19-12-7-13-20-29)44-39(51)52-26-27-15-8-5-9-16-27/h5-13,15-20,30-32,34-35H,14,21-26H2,1-4H3,(H,42,48)(H,43,47)(H,44,51)/t30-,31-,32-,34+,35+,40+,41+/m0/s1. The third-order valence-corrected chi connectivity index (χ3v) is 11.2. The molecule has 7 atom stereocenters. The van der Waals surface area contributed by atoms with Gasteiger partial charge in [0.05, 0.1) is 29.5 Å². The van der Waals surface area contributed by atoms with Gasteiger partial charge in [-0.25, -0.2) is 4.79 Å². The van der Waals surface area contributed by atoms with Gasteiger partial charge in [-0.3, -0.25) is 19.2 Å². The van der Waals surface area contributed by atoms with E-state index in [2.05, 4.69) is 16.0 Å². The van der Waals surface area contributed by atoms with Crippen molar-refractivity contribution in [1.29, 1.82) is 0 Å². The number of benzene rings is 3. The first kappa shape index (κ1) is 36.6. The van der Waals surface area contributed by atoms with Crippen LogP contribution in [0.15, 0.2) is 91.0 Å². The lowest BCUT2D eigenvalue weighted by atomic mass is 9.94. The number of likely N-dealkylation sites (tertiary alicyclic amines) is 1. The molecule has 3 aliphatic rings. The Morgan fingerprint density at radius 2 is 1.33 bits per heavy atom. The van der Waals surface area contributed by atoms with Crippen molar-refractivity contribution >= 4 is 29.7 Å². The van der Waals surface area contributed by atoms with Gasteiger partial charge in [-0.15, -0.1) is 0 Å². The Balaban J connectivity index is 1.07. The van der Waals surface area contributed by atoms with Gasteiger partial charge in [-0.05, 0) is 54.2 Å². The average molecular weight is 708 g/mol. The Labute approximate surface area is 305 Å². The molecule has 1 aliphatic heterocycles. The van der Waals surface area contributed by atoms with Crippen molar-refractivity contribution < 1.29 is 28.7 Å². The lowest BCUT2D eigenvalue weighted by Gasteiger charge is -2.29. The predicted octanol–water partition coefficient (Wildman–Crippen LogP) is 4.76. The molecule has 2 saturated carbocycles. The third-order valence-electron chi connectivity index (χ3n) is 11.2. The van der Waals surface area contributed by atoms with Gasteiger partial charge >= 0.3 is 6.09 Å². The van der Waals surface area contributed by atoms with E-state index in [1.54, 1.807) is 23.9 Å². The van der Waals surface area contributed by atoms with Gasteiger partial charge in [0.1, 0.15) is 12.6 Å². The molecule has 2 aliphatic carbocycles. The van der Waals surface area contributed by atoms with Crippen LogP contribution >= 0.6 is 0 Å². The van der Waals surface area contributed by atoms with Crippen molar-refractivity contribution in [2.24, 2.45) is 22.7 Å². The second-order valence-electron chi connectivity index (χ2n) is 15.1. The average Bonchev–Trinajstić information content (AvgIpc) is 3.97. The zero-order chi connectivity index (χ0) is 37.0. The second-order valence-corrected chi connectivity index (χ2v) is 15.1. The Kier molecular flexibility index (Phi) is 10.7. The van der Waals surface area contributed by atoms with Crippen LogP contribution in [0.25, 0.3) is 0 Å². The maximum Gasteiger partial charge on any atom is 0.407 e. The highest BCUT2D eigenvalue weighted by molar-refractivity contribution is 5.94. The zero-order valence-electron chi connectivity index (χ0n) is 30.3.